The zero-order chi connectivity index (χ0) is 18.9. The number of nitrogens with one attached hydrogen (secondary N) is 1. The van der Waals surface area contributed by atoms with Gasteiger partial charge in [-0.05, 0) is 48.7 Å². The van der Waals surface area contributed by atoms with E-state index in [1.807, 2.05) is 17.0 Å². The van der Waals surface area contributed by atoms with Gasteiger partial charge in [-0.2, -0.15) is 0 Å². The number of rotatable bonds is 8. The Morgan fingerprint density at radius 1 is 1.00 bits per heavy atom. The summed E-state index contributed by atoms with van der Waals surface area (Å²) >= 11 is 5.86. The van der Waals surface area contributed by atoms with E-state index in [4.69, 9.17) is 11.6 Å². The van der Waals surface area contributed by atoms with Gasteiger partial charge in [-0.25, -0.2) is 0 Å². The van der Waals surface area contributed by atoms with Crippen molar-refractivity contribution in [1.82, 2.24) is 4.90 Å². The van der Waals surface area contributed by atoms with Crippen molar-refractivity contribution in [3.05, 3.63) is 64.7 Å². The second kappa shape index (κ2) is 9.97. The summed E-state index contributed by atoms with van der Waals surface area (Å²) in [5.41, 5.74) is 2.11. The van der Waals surface area contributed by atoms with Crippen molar-refractivity contribution in [3.63, 3.8) is 0 Å². The fourth-order valence-electron chi connectivity index (χ4n) is 2.76. The van der Waals surface area contributed by atoms with E-state index in [-0.39, 0.29) is 18.2 Å². The molecule has 0 heterocycles. The average molecular weight is 373 g/mol. The van der Waals surface area contributed by atoms with Crippen LogP contribution in [0.15, 0.2) is 48.5 Å². The van der Waals surface area contributed by atoms with Gasteiger partial charge in [0.25, 0.3) is 5.91 Å². The van der Waals surface area contributed by atoms with E-state index >= 15 is 0 Å². The molecule has 0 saturated carbocycles. The number of halogens is 1. The van der Waals surface area contributed by atoms with Crippen LogP contribution in [-0.4, -0.2) is 29.8 Å². The quantitative estimate of drug-likeness (QED) is 0.724. The first-order chi connectivity index (χ1) is 12.5. The molecule has 2 aromatic carbocycles. The Kier molecular flexibility index (Phi) is 7.67. The maximum absolute atomic E-state index is 12.7. The summed E-state index contributed by atoms with van der Waals surface area (Å²) in [5.74, 6) is -0.126. The molecule has 0 atom stereocenters. The standard InChI is InChI=1S/C21H25ClN2O2/c1-3-12-24(13-4-2)21(26)17-6-5-7-19(15-17)23-20(25)14-16-8-10-18(22)11-9-16/h5-11,15H,3-4,12-14H2,1-2H3,(H,23,25). The summed E-state index contributed by atoms with van der Waals surface area (Å²) in [5, 5.41) is 3.50. The lowest BCUT2D eigenvalue weighted by molar-refractivity contribution is -0.115. The number of nitrogens with zero attached hydrogens (tertiary/aromatic N) is 1. The van der Waals surface area contributed by atoms with Crippen molar-refractivity contribution < 1.29 is 9.59 Å². The molecular formula is C21H25ClN2O2. The number of hydrogen-bond donors (Lipinski definition) is 1. The molecule has 0 aromatic heterocycles. The van der Waals surface area contributed by atoms with E-state index in [1.165, 1.54) is 0 Å². The Labute approximate surface area is 160 Å². The maximum atomic E-state index is 12.7. The third-order valence-corrected chi connectivity index (χ3v) is 4.20. The van der Waals surface area contributed by atoms with Gasteiger partial charge in [-0.15, -0.1) is 0 Å². The lowest BCUT2D eigenvalue weighted by Gasteiger charge is -2.21. The molecule has 2 rings (SSSR count). The fraction of sp³-hybridized carbons (Fsp3) is 0.333. The van der Waals surface area contributed by atoms with Gasteiger partial charge in [0.2, 0.25) is 5.91 Å². The minimum atomic E-state index is -0.129. The molecule has 0 bridgehead atoms. The molecule has 0 aliphatic carbocycles. The highest BCUT2D eigenvalue weighted by molar-refractivity contribution is 6.30. The highest BCUT2D eigenvalue weighted by atomic mass is 35.5. The summed E-state index contributed by atoms with van der Waals surface area (Å²) in [6, 6.07) is 14.3. The Morgan fingerprint density at radius 2 is 1.65 bits per heavy atom. The molecule has 0 aliphatic heterocycles. The van der Waals surface area contributed by atoms with Gasteiger partial charge in [0, 0.05) is 29.4 Å². The van der Waals surface area contributed by atoms with Crippen LogP contribution in [-0.2, 0) is 11.2 Å². The first-order valence-corrected chi connectivity index (χ1v) is 9.35. The number of carbonyl (C=O) groups excluding carboxylic acids is 2. The van der Waals surface area contributed by atoms with Crippen LogP contribution in [0.25, 0.3) is 0 Å². The SMILES string of the molecule is CCCN(CCC)C(=O)c1cccc(NC(=O)Cc2ccc(Cl)cc2)c1. The lowest BCUT2D eigenvalue weighted by atomic mass is 10.1. The number of hydrogen-bond acceptors (Lipinski definition) is 2. The molecule has 0 radical (unpaired) electrons. The summed E-state index contributed by atoms with van der Waals surface area (Å²) < 4.78 is 0. The van der Waals surface area contributed by atoms with Crippen molar-refractivity contribution in [1.29, 1.82) is 0 Å². The van der Waals surface area contributed by atoms with Crippen molar-refractivity contribution in [2.45, 2.75) is 33.1 Å². The third kappa shape index (κ3) is 5.88. The van der Waals surface area contributed by atoms with Gasteiger partial charge >= 0.3 is 0 Å². The van der Waals surface area contributed by atoms with Gasteiger partial charge < -0.3 is 10.2 Å². The van der Waals surface area contributed by atoms with Crippen LogP contribution in [0.2, 0.25) is 5.02 Å². The predicted octanol–water partition coefficient (Wildman–Crippen LogP) is 4.78. The minimum Gasteiger partial charge on any atom is -0.339 e. The molecule has 0 fully saturated rings. The average Bonchev–Trinajstić information content (AvgIpc) is 2.63. The van der Waals surface area contributed by atoms with Crippen LogP contribution in [0.3, 0.4) is 0 Å². The predicted molar refractivity (Wildman–Crippen MR) is 107 cm³/mol. The molecule has 26 heavy (non-hydrogen) atoms. The van der Waals surface area contributed by atoms with Crippen molar-refractivity contribution >= 4 is 29.1 Å². The largest absolute Gasteiger partial charge is 0.339 e. The number of benzene rings is 2. The van der Waals surface area contributed by atoms with Gasteiger partial charge in [-0.1, -0.05) is 43.6 Å². The number of amides is 2. The zero-order valence-electron chi connectivity index (χ0n) is 15.3. The number of carbonyl (C=O) groups is 2. The van der Waals surface area contributed by atoms with E-state index in [1.54, 1.807) is 36.4 Å². The summed E-state index contributed by atoms with van der Waals surface area (Å²) in [6.45, 7) is 5.59. The molecule has 4 nitrogen and oxygen atoms in total. The first-order valence-electron chi connectivity index (χ1n) is 8.97. The highest BCUT2D eigenvalue weighted by Gasteiger charge is 2.15. The molecule has 1 N–H and O–H groups in total. The van der Waals surface area contributed by atoms with Gasteiger partial charge in [0.1, 0.15) is 0 Å². The van der Waals surface area contributed by atoms with Crippen LogP contribution in [0.1, 0.15) is 42.6 Å². The molecule has 2 amide bonds. The molecule has 138 valence electrons. The summed E-state index contributed by atoms with van der Waals surface area (Å²) in [6.07, 6.45) is 2.10. The monoisotopic (exact) mass is 372 g/mol. The molecule has 0 saturated heterocycles. The van der Waals surface area contributed by atoms with Gasteiger partial charge in [0.05, 0.1) is 6.42 Å². The van der Waals surface area contributed by atoms with Crippen molar-refractivity contribution in [2.75, 3.05) is 18.4 Å². The van der Waals surface area contributed by atoms with E-state index in [9.17, 15) is 9.59 Å². The van der Waals surface area contributed by atoms with Crippen LogP contribution >= 0.6 is 11.6 Å². The molecular weight excluding hydrogens is 348 g/mol. The first kappa shape index (κ1) is 20.0. The summed E-state index contributed by atoms with van der Waals surface area (Å²) in [4.78, 5) is 26.8. The van der Waals surface area contributed by atoms with Crippen LogP contribution < -0.4 is 5.32 Å². The molecule has 0 aliphatic rings. The van der Waals surface area contributed by atoms with Gasteiger partial charge in [0.15, 0.2) is 0 Å². The maximum Gasteiger partial charge on any atom is 0.253 e. The van der Waals surface area contributed by atoms with E-state index in [0.29, 0.717) is 16.3 Å². The van der Waals surface area contributed by atoms with Crippen molar-refractivity contribution in [2.24, 2.45) is 0 Å². The van der Waals surface area contributed by atoms with Crippen molar-refractivity contribution in [3.8, 4) is 0 Å². The second-order valence-corrected chi connectivity index (χ2v) is 6.66. The minimum absolute atomic E-state index is 0.00232. The molecule has 0 spiro atoms. The van der Waals surface area contributed by atoms with Crippen LogP contribution in [0.4, 0.5) is 5.69 Å². The Hall–Kier alpha value is -2.33. The Bertz CT molecular complexity index is 738. The van der Waals surface area contributed by atoms with E-state index < -0.39 is 0 Å². The second-order valence-electron chi connectivity index (χ2n) is 6.22. The number of anilines is 1. The van der Waals surface area contributed by atoms with Crippen LogP contribution in [0.5, 0.6) is 0 Å². The Balaban J connectivity index is 2.04. The molecule has 2 aromatic rings. The fourth-order valence-corrected chi connectivity index (χ4v) is 2.89. The molecule has 5 heteroatoms. The normalized spacial score (nSPS) is 10.4. The smallest absolute Gasteiger partial charge is 0.253 e. The molecule has 0 unspecified atom stereocenters. The highest BCUT2D eigenvalue weighted by Crippen LogP contribution is 2.15. The van der Waals surface area contributed by atoms with Crippen LogP contribution in [0, 0.1) is 0 Å². The lowest BCUT2D eigenvalue weighted by Crippen LogP contribution is -2.32. The topological polar surface area (TPSA) is 49.4 Å². The van der Waals surface area contributed by atoms with E-state index in [0.717, 1.165) is 31.5 Å². The van der Waals surface area contributed by atoms with E-state index in [2.05, 4.69) is 19.2 Å². The van der Waals surface area contributed by atoms with Gasteiger partial charge in [-0.3, -0.25) is 9.59 Å². The third-order valence-electron chi connectivity index (χ3n) is 3.95. The summed E-state index contributed by atoms with van der Waals surface area (Å²) in [7, 11) is 0. The Morgan fingerprint density at radius 3 is 2.27 bits per heavy atom. The zero-order valence-corrected chi connectivity index (χ0v) is 16.1.